The van der Waals surface area contributed by atoms with Crippen molar-refractivity contribution in [1.29, 1.82) is 0 Å². The predicted molar refractivity (Wildman–Crippen MR) is 72.3 cm³/mol. The SMILES string of the molecule is CCC(C)(CC)NC(=O)c1cccc(Cl)c1N. The molecule has 0 aromatic heterocycles. The van der Waals surface area contributed by atoms with Crippen LogP contribution in [0.1, 0.15) is 44.0 Å². The van der Waals surface area contributed by atoms with Crippen molar-refractivity contribution >= 4 is 23.2 Å². The molecule has 0 aliphatic rings. The molecule has 94 valence electrons. The largest absolute Gasteiger partial charge is 0.397 e. The Hall–Kier alpha value is -1.22. The van der Waals surface area contributed by atoms with E-state index >= 15 is 0 Å². The van der Waals surface area contributed by atoms with Crippen molar-refractivity contribution in [1.82, 2.24) is 5.32 Å². The number of carbonyl (C=O) groups excluding carboxylic acids is 1. The normalized spacial score (nSPS) is 11.3. The number of hydrogen-bond donors (Lipinski definition) is 2. The zero-order valence-corrected chi connectivity index (χ0v) is 11.3. The first-order chi connectivity index (χ1) is 7.93. The van der Waals surface area contributed by atoms with E-state index in [1.807, 2.05) is 20.8 Å². The average molecular weight is 255 g/mol. The average Bonchev–Trinajstić information content (AvgIpc) is 2.32. The number of nitrogens with one attached hydrogen (secondary N) is 1. The molecule has 0 aliphatic heterocycles. The van der Waals surface area contributed by atoms with Crippen LogP contribution in [0.3, 0.4) is 0 Å². The van der Waals surface area contributed by atoms with Gasteiger partial charge in [0, 0.05) is 5.54 Å². The second kappa shape index (κ2) is 5.41. The fourth-order valence-corrected chi connectivity index (χ4v) is 1.68. The first kappa shape index (κ1) is 13.8. The lowest BCUT2D eigenvalue weighted by Gasteiger charge is -2.28. The molecule has 0 aliphatic carbocycles. The van der Waals surface area contributed by atoms with E-state index in [4.69, 9.17) is 17.3 Å². The van der Waals surface area contributed by atoms with E-state index in [-0.39, 0.29) is 11.4 Å². The molecule has 0 radical (unpaired) electrons. The number of halogens is 1. The topological polar surface area (TPSA) is 55.1 Å². The Labute approximate surface area is 107 Å². The number of amides is 1. The number of carbonyl (C=O) groups is 1. The van der Waals surface area contributed by atoms with Gasteiger partial charge in [-0.05, 0) is 31.9 Å². The van der Waals surface area contributed by atoms with Gasteiger partial charge in [-0.3, -0.25) is 4.79 Å². The monoisotopic (exact) mass is 254 g/mol. The van der Waals surface area contributed by atoms with Crippen LogP contribution in [-0.2, 0) is 0 Å². The van der Waals surface area contributed by atoms with Crippen LogP contribution in [0.15, 0.2) is 18.2 Å². The van der Waals surface area contributed by atoms with Gasteiger partial charge in [0.05, 0.1) is 16.3 Å². The maximum atomic E-state index is 12.1. The second-order valence-electron chi connectivity index (χ2n) is 4.42. The highest BCUT2D eigenvalue weighted by Crippen LogP contribution is 2.23. The summed E-state index contributed by atoms with van der Waals surface area (Å²) < 4.78 is 0. The lowest BCUT2D eigenvalue weighted by Crippen LogP contribution is -2.45. The van der Waals surface area contributed by atoms with Crippen LogP contribution in [0, 0.1) is 0 Å². The quantitative estimate of drug-likeness (QED) is 0.811. The molecule has 3 N–H and O–H groups in total. The van der Waals surface area contributed by atoms with Gasteiger partial charge in [0.1, 0.15) is 0 Å². The maximum Gasteiger partial charge on any atom is 0.253 e. The first-order valence-corrected chi connectivity index (χ1v) is 6.18. The van der Waals surface area contributed by atoms with Crippen molar-refractivity contribution < 1.29 is 4.79 Å². The number of benzene rings is 1. The maximum absolute atomic E-state index is 12.1. The highest BCUT2D eigenvalue weighted by atomic mass is 35.5. The van der Waals surface area contributed by atoms with Crippen LogP contribution in [0.4, 0.5) is 5.69 Å². The molecule has 1 aromatic carbocycles. The van der Waals surface area contributed by atoms with Crippen molar-refractivity contribution in [3.05, 3.63) is 28.8 Å². The highest BCUT2D eigenvalue weighted by molar-refractivity contribution is 6.33. The smallest absolute Gasteiger partial charge is 0.253 e. The molecule has 0 atom stereocenters. The molecular weight excluding hydrogens is 236 g/mol. The minimum absolute atomic E-state index is 0.170. The Morgan fingerprint density at radius 3 is 2.53 bits per heavy atom. The van der Waals surface area contributed by atoms with Gasteiger partial charge < -0.3 is 11.1 Å². The van der Waals surface area contributed by atoms with Gasteiger partial charge in [-0.25, -0.2) is 0 Å². The summed E-state index contributed by atoms with van der Waals surface area (Å²) in [5.74, 6) is -0.170. The van der Waals surface area contributed by atoms with Gasteiger partial charge in [0.2, 0.25) is 0 Å². The zero-order valence-electron chi connectivity index (χ0n) is 10.5. The standard InChI is InChI=1S/C13H19ClN2O/c1-4-13(3,5-2)16-12(17)9-7-6-8-10(14)11(9)15/h6-8H,4-5,15H2,1-3H3,(H,16,17). The number of nitrogen functional groups attached to an aromatic ring is 1. The van der Waals surface area contributed by atoms with E-state index in [0.29, 0.717) is 16.3 Å². The van der Waals surface area contributed by atoms with Crippen molar-refractivity contribution in [2.45, 2.75) is 39.2 Å². The first-order valence-electron chi connectivity index (χ1n) is 5.80. The van der Waals surface area contributed by atoms with Crippen molar-refractivity contribution in [2.24, 2.45) is 0 Å². The van der Waals surface area contributed by atoms with E-state index in [1.54, 1.807) is 18.2 Å². The van der Waals surface area contributed by atoms with E-state index < -0.39 is 0 Å². The Bertz CT molecular complexity index is 414. The third-order valence-corrected chi connectivity index (χ3v) is 3.60. The minimum Gasteiger partial charge on any atom is -0.397 e. The molecule has 0 unspecified atom stereocenters. The van der Waals surface area contributed by atoms with E-state index in [0.717, 1.165) is 12.8 Å². The van der Waals surface area contributed by atoms with Gasteiger partial charge in [-0.15, -0.1) is 0 Å². The number of para-hydroxylation sites is 1. The molecule has 1 amide bonds. The molecule has 0 saturated heterocycles. The van der Waals surface area contributed by atoms with Crippen LogP contribution in [0.25, 0.3) is 0 Å². The minimum atomic E-state index is -0.203. The predicted octanol–water partition coefficient (Wildman–Crippen LogP) is 3.23. The summed E-state index contributed by atoms with van der Waals surface area (Å²) in [6.07, 6.45) is 1.74. The summed E-state index contributed by atoms with van der Waals surface area (Å²) in [5, 5.41) is 3.41. The summed E-state index contributed by atoms with van der Waals surface area (Å²) in [5.41, 5.74) is 6.36. The zero-order chi connectivity index (χ0) is 13.1. The van der Waals surface area contributed by atoms with Gasteiger partial charge >= 0.3 is 0 Å². The molecule has 3 nitrogen and oxygen atoms in total. The van der Waals surface area contributed by atoms with Crippen LogP contribution in [0.5, 0.6) is 0 Å². The van der Waals surface area contributed by atoms with Crippen molar-refractivity contribution in [2.75, 3.05) is 5.73 Å². The number of hydrogen-bond acceptors (Lipinski definition) is 2. The van der Waals surface area contributed by atoms with Gasteiger partial charge in [0.25, 0.3) is 5.91 Å². The molecule has 1 rings (SSSR count). The molecule has 0 bridgehead atoms. The lowest BCUT2D eigenvalue weighted by molar-refractivity contribution is 0.0902. The highest BCUT2D eigenvalue weighted by Gasteiger charge is 2.23. The Balaban J connectivity index is 2.94. The Kier molecular flexibility index (Phi) is 4.40. The Morgan fingerprint density at radius 1 is 1.41 bits per heavy atom. The summed E-state index contributed by atoms with van der Waals surface area (Å²) in [6.45, 7) is 6.11. The van der Waals surface area contributed by atoms with Gasteiger partial charge in [-0.1, -0.05) is 31.5 Å². The molecule has 0 saturated carbocycles. The van der Waals surface area contributed by atoms with Crippen LogP contribution < -0.4 is 11.1 Å². The number of nitrogens with two attached hydrogens (primary N) is 1. The second-order valence-corrected chi connectivity index (χ2v) is 4.83. The molecular formula is C13H19ClN2O. The van der Waals surface area contributed by atoms with Crippen molar-refractivity contribution in [3.63, 3.8) is 0 Å². The van der Waals surface area contributed by atoms with E-state index in [1.165, 1.54) is 0 Å². The third-order valence-electron chi connectivity index (χ3n) is 3.27. The van der Waals surface area contributed by atoms with E-state index in [2.05, 4.69) is 5.32 Å². The summed E-state index contributed by atoms with van der Waals surface area (Å²) in [7, 11) is 0. The fourth-order valence-electron chi connectivity index (χ4n) is 1.50. The molecule has 17 heavy (non-hydrogen) atoms. The van der Waals surface area contributed by atoms with Crippen molar-refractivity contribution in [3.8, 4) is 0 Å². The van der Waals surface area contributed by atoms with Crippen LogP contribution in [0.2, 0.25) is 5.02 Å². The number of anilines is 1. The summed E-state index contributed by atoms with van der Waals surface area (Å²) in [4.78, 5) is 12.1. The summed E-state index contributed by atoms with van der Waals surface area (Å²) in [6, 6.07) is 5.08. The van der Waals surface area contributed by atoms with Crippen LogP contribution >= 0.6 is 11.6 Å². The number of rotatable bonds is 4. The third kappa shape index (κ3) is 3.13. The molecule has 1 aromatic rings. The van der Waals surface area contributed by atoms with Gasteiger partial charge in [-0.2, -0.15) is 0 Å². The fraction of sp³-hybridized carbons (Fsp3) is 0.462. The Morgan fingerprint density at radius 2 is 2.00 bits per heavy atom. The molecule has 0 heterocycles. The molecule has 0 fully saturated rings. The van der Waals surface area contributed by atoms with Crippen LogP contribution in [-0.4, -0.2) is 11.4 Å². The van der Waals surface area contributed by atoms with Gasteiger partial charge in [0.15, 0.2) is 0 Å². The summed E-state index contributed by atoms with van der Waals surface area (Å²) >= 11 is 5.89. The molecule has 0 spiro atoms. The lowest BCUT2D eigenvalue weighted by atomic mass is 9.95. The van der Waals surface area contributed by atoms with E-state index in [9.17, 15) is 4.79 Å². The molecule has 4 heteroatoms.